The fourth-order valence-electron chi connectivity index (χ4n) is 3.14. The minimum Gasteiger partial charge on any atom is -0.375 e. The number of aryl methyl sites for hydroxylation is 2. The number of ether oxygens (including phenoxy) is 1. The Hall–Kier alpha value is -2.31. The second-order valence-corrected chi connectivity index (χ2v) is 7.45. The van der Waals surface area contributed by atoms with E-state index in [1.165, 1.54) is 7.11 Å². The van der Waals surface area contributed by atoms with Crippen LogP contribution >= 0.6 is 11.8 Å². The zero-order valence-electron chi connectivity index (χ0n) is 15.1. The molecular weight excluding hydrogens is 348 g/mol. The van der Waals surface area contributed by atoms with Crippen LogP contribution in [0.3, 0.4) is 0 Å². The SMILES string of the molecule is COCC(=O)Nc1cccc(C2SCC(=O)N2c2cc(C)cc(C)c2)c1. The maximum atomic E-state index is 12.5. The maximum absolute atomic E-state index is 12.5. The lowest BCUT2D eigenvalue weighted by Crippen LogP contribution is -2.28. The summed E-state index contributed by atoms with van der Waals surface area (Å²) in [5, 5.41) is 2.71. The largest absolute Gasteiger partial charge is 0.375 e. The monoisotopic (exact) mass is 370 g/mol. The molecule has 0 radical (unpaired) electrons. The fraction of sp³-hybridized carbons (Fsp3) is 0.300. The van der Waals surface area contributed by atoms with Gasteiger partial charge in [0.1, 0.15) is 12.0 Å². The van der Waals surface area contributed by atoms with Gasteiger partial charge in [-0.1, -0.05) is 18.2 Å². The Morgan fingerprint density at radius 3 is 2.65 bits per heavy atom. The molecule has 0 saturated carbocycles. The zero-order valence-corrected chi connectivity index (χ0v) is 15.9. The smallest absolute Gasteiger partial charge is 0.250 e. The van der Waals surface area contributed by atoms with Gasteiger partial charge in [-0.05, 0) is 54.8 Å². The van der Waals surface area contributed by atoms with Crippen LogP contribution in [-0.4, -0.2) is 31.3 Å². The normalized spacial score (nSPS) is 16.8. The second kappa shape index (κ2) is 7.93. The van der Waals surface area contributed by atoms with Crippen LogP contribution in [0.4, 0.5) is 11.4 Å². The summed E-state index contributed by atoms with van der Waals surface area (Å²) < 4.78 is 4.85. The molecule has 2 amide bonds. The third kappa shape index (κ3) is 4.08. The van der Waals surface area contributed by atoms with Gasteiger partial charge in [0.05, 0.1) is 5.75 Å². The van der Waals surface area contributed by atoms with E-state index in [2.05, 4.69) is 11.4 Å². The lowest BCUT2D eigenvalue weighted by Gasteiger charge is -2.25. The number of methoxy groups -OCH3 is 1. The van der Waals surface area contributed by atoms with Crippen molar-refractivity contribution in [2.45, 2.75) is 19.2 Å². The molecule has 1 fully saturated rings. The first-order chi connectivity index (χ1) is 12.5. The Balaban J connectivity index is 1.90. The van der Waals surface area contributed by atoms with Gasteiger partial charge in [-0.25, -0.2) is 0 Å². The highest BCUT2D eigenvalue weighted by Crippen LogP contribution is 2.42. The Kier molecular flexibility index (Phi) is 5.64. The number of amides is 2. The van der Waals surface area contributed by atoms with Crippen LogP contribution in [0.15, 0.2) is 42.5 Å². The van der Waals surface area contributed by atoms with E-state index < -0.39 is 0 Å². The van der Waals surface area contributed by atoms with Gasteiger partial charge in [-0.15, -0.1) is 11.8 Å². The minimum absolute atomic E-state index is 0.00951. The molecule has 0 spiro atoms. The third-order valence-corrected chi connectivity index (χ3v) is 5.30. The molecule has 0 bridgehead atoms. The highest BCUT2D eigenvalue weighted by Gasteiger charge is 2.34. The van der Waals surface area contributed by atoms with E-state index in [1.807, 2.05) is 55.1 Å². The lowest BCUT2D eigenvalue weighted by molar-refractivity contribution is -0.119. The number of anilines is 2. The highest BCUT2D eigenvalue weighted by atomic mass is 32.2. The number of thioether (sulfide) groups is 1. The average molecular weight is 370 g/mol. The topological polar surface area (TPSA) is 58.6 Å². The predicted octanol–water partition coefficient (Wildman–Crippen LogP) is 3.67. The standard InChI is InChI=1S/C20H22N2O3S/c1-13-7-14(2)9-17(8-13)22-19(24)12-26-20(22)15-5-4-6-16(10-15)21-18(23)11-25-3/h4-10,20H,11-12H2,1-3H3,(H,21,23). The summed E-state index contributed by atoms with van der Waals surface area (Å²) in [6.45, 7) is 4.08. The molecule has 0 aromatic heterocycles. The van der Waals surface area contributed by atoms with Crippen molar-refractivity contribution in [1.82, 2.24) is 0 Å². The lowest BCUT2D eigenvalue weighted by atomic mass is 10.1. The van der Waals surface area contributed by atoms with Gasteiger partial charge in [-0.3, -0.25) is 14.5 Å². The summed E-state index contributed by atoms with van der Waals surface area (Å²) in [5.74, 6) is 0.336. The number of benzene rings is 2. The number of carbonyl (C=O) groups excluding carboxylic acids is 2. The molecular formula is C20H22N2O3S. The summed E-state index contributed by atoms with van der Waals surface area (Å²) in [6.07, 6.45) is 0. The van der Waals surface area contributed by atoms with Gasteiger partial charge in [0.25, 0.3) is 0 Å². The molecule has 1 atom stereocenters. The van der Waals surface area contributed by atoms with Gasteiger partial charge in [0.15, 0.2) is 0 Å². The molecule has 1 aliphatic rings. The van der Waals surface area contributed by atoms with Crippen LogP contribution in [0, 0.1) is 13.8 Å². The minimum atomic E-state index is -0.203. The molecule has 1 N–H and O–H groups in total. The van der Waals surface area contributed by atoms with E-state index in [1.54, 1.807) is 11.8 Å². The molecule has 2 aromatic carbocycles. The number of carbonyl (C=O) groups is 2. The summed E-state index contributed by atoms with van der Waals surface area (Å²) in [6, 6.07) is 13.8. The molecule has 2 aromatic rings. The van der Waals surface area contributed by atoms with Crippen LogP contribution in [0.5, 0.6) is 0 Å². The van der Waals surface area contributed by atoms with E-state index in [0.717, 1.165) is 22.4 Å². The summed E-state index contributed by atoms with van der Waals surface area (Å²) in [5.41, 5.74) is 4.85. The second-order valence-electron chi connectivity index (χ2n) is 6.38. The van der Waals surface area contributed by atoms with Crippen molar-refractivity contribution in [3.05, 3.63) is 59.2 Å². The van der Waals surface area contributed by atoms with E-state index in [0.29, 0.717) is 11.4 Å². The van der Waals surface area contributed by atoms with Crippen LogP contribution in [0.25, 0.3) is 0 Å². The molecule has 1 heterocycles. The number of rotatable bonds is 5. The first-order valence-electron chi connectivity index (χ1n) is 8.38. The number of hydrogen-bond acceptors (Lipinski definition) is 4. The molecule has 1 unspecified atom stereocenters. The van der Waals surface area contributed by atoms with Crippen LogP contribution in [0.2, 0.25) is 0 Å². The molecule has 1 aliphatic heterocycles. The summed E-state index contributed by atoms with van der Waals surface area (Å²) >= 11 is 1.60. The van der Waals surface area contributed by atoms with Crippen molar-refractivity contribution in [3.63, 3.8) is 0 Å². The molecule has 0 aliphatic carbocycles. The van der Waals surface area contributed by atoms with Gasteiger partial charge in [-0.2, -0.15) is 0 Å². The van der Waals surface area contributed by atoms with Crippen LogP contribution in [-0.2, 0) is 14.3 Å². The first kappa shape index (κ1) is 18.5. The molecule has 26 heavy (non-hydrogen) atoms. The number of nitrogens with one attached hydrogen (secondary N) is 1. The van der Waals surface area contributed by atoms with Crippen LogP contribution in [0.1, 0.15) is 22.1 Å². The van der Waals surface area contributed by atoms with Crippen molar-refractivity contribution in [1.29, 1.82) is 0 Å². The van der Waals surface area contributed by atoms with E-state index in [4.69, 9.17) is 4.74 Å². The molecule has 136 valence electrons. The first-order valence-corrected chi connectivity index (χ1v) is 9.43. The molecule has 3 rings (SSSR count). The van der Waals surface area contributed by atoms with Crippen molar-refractivity contribution in [2.24, 2.45) is 0 Å². The Labute approximate surface area is 157 Å². The zero-order chi connectivity index (χ0) is 18.7. The quantitative estimate of drug-likeness (QED) is 0.872. The van der Waals surface area contributed by atoms with Gasteiger partial charge >= 0.3 is 0 Å². The van der Waals surface area contributed by atoms with E-state index in [9.17, 15) is 9.59 Å². The fourth-order valence-corrected chi connectivity index (χ4v) is 4.30. The molecule has 5 nitrogen and oxygen atoms in total. The number of hydrogen-bond donors (Lipinski definition) is 1. The van der Waals surface area contributed by atoms with E-state index >= 15 is 0 Å². The van der Waals surface area contributed by atoms with Crippen molar-refractivity contribution in [2.75, 3.05) is 29.7 Å². The number of nitrogens with zero attached hydrogens (tertiary/aromatic N) is 1. The van der Waals surface area contributed by atoms with Gasteiger partial charge in [0, 0.05) is 18.5 Å². The van der Waals surface area contributed by atoms with Crippen molar-refractivity contribution in [3.8, 4) is 0 Å². The van der Waals surface area contributed by atoms with Crippen molar-refractivity contribution < 1.29 is 14.3 Å². The van der Waals surface area contributed by atoms with E-state index in [-0.39, 0.29) is 23.8 Å². The van der Waals surface area contributed by atoms with Gasteiger partial charge in [0.2, 0.25) is 11.8 Å². The summed E-state index contributed by atoms with van der Waals surface area (Å²) in [7, 11) is 1.48. The third-order valence-electron chi connectivity index (χ3n) is 4.08. The Bertz CT molecular complexity index is 817. The van der Waals surface area contributed by atoms with Crippen molar-refractivity contribution >= 4 is 35.0 Å². The average Bonchev–Trinajstić information content (AvgIpc) is 2.96. The molecule has 6 heteroatoms. The highest BCUT2D eigenvalue weighted by molar-refractivity contribution is 8.00. The Morgan fingerprint density at radius 1 is 1.23 bits per heavy atom. The Morgan fingerprint density at radius 2 is 1.96 bits per heavy atom. The van der Waals surface area contributed by atoms with Crippen LogP contribution < -0.4 is 10.2 Å². The predicted molar refractivity (Wildman–Crippen MR) is 106 cm³/mol. The molecule has 1 saturated heterocycles. The van der Waals surface area contributed by atoms with Gasteiger partial charge < -0.3 is 10.1 Å². The summed E-state index contributed by atoms with van der Waals surface area (Å²) in [4.78, 5) is 26.1. The maximum Gasteiger partial charge on any atom is 0.250 e.